The van der Waals surface area contributed by atoms with Crippen LogP contribution in [0.3, 0.4) is 0 Å². The van der Waals surface area contributed by atoms with Crippen LogP contribution in [0.25, 0.3) is 0 Å². The molecule has 2 aliphatic rings. The van der Waals surface area contributed by atoms with Crippen LogP contribution in [0.15, 0.2) is 48.5 Å². The number of hydrogen-bond donors (Lipinski definition) is 1. The number of likely N-dealkylation sites (tertiary alicyclic amines) is 1. The van der Waals surface area contributed by atoms with E-state index in [1.807, 2.05) is 30.3 Å². The zero-order chi connectivity index (χ0) is 17.2. The minimum Gasteiger partial charge on any atom is -0.482 e. The number of nitrogens with one attached hydrogen (secondary N) is 1. The number of nitrogens with zero attached hydrogens (tertiary/aromatic N) is 1. The fraction of sp³-hybridized carbons (Fsp3) is 0.263. The van der Waals surface area contributed by atoms with Gasteiger partial charge in [-0.1, -0.05) is 30.3 Å². The number of anilines is 1. The van der Waals surface area contributed by atoms with Crippen molar-refractivity contribution in [2.24, 2.45) is 0 Å². The Morgan fingerprint density at radius 3 is 2.80 bits per heavy atom. The summed E-state index contributed by atoms with van der Waals surface area (Å²) in [5, 5.41) is 2.72. The second-order valence-corrected chi connectivity index (χ2v) is 6.18. The zero-order valence-corrected chi connectivity index (χ0v) is 13.6. The van der Waals surface area contributed by atoms with Crippen LogP contribution in [-0.2, 0) is 16.1 Å². The lowest BCUT2D eigenvalue weighted by Crippen LogP contribution is -2.54. The molecule has 1 fully saturated rings. The Labute approximate surface area is 145 Å². The quantitative estimate of drug-likeness (QED) is 0.927. The summed E-state index contributed by atoms with van der Waals surface area (Å²) in [6, 6.07) is 15.1. The second-order valence-electron chi connectivity index (χ2n) is 6.18. The predicted molar refractivity (Wildman–Crippen MR) is 91.5 cm³/mol. The fourth-order valence-corrected chi connectivity index (χ4v) is 2.90. The molecule has 6 nitrogen and oxygen atoms in total. The first kappa shape index (κ1) is 15.7. The van der Waals surface area contributed by atoms with E-state index in [1.54, 1.807) is 23.1 Å². The molecule has 25 heavy (non-hydrogen) atoms. The molecule has 6 heteroatoms. The highest BCUT2D eigenvalue weighted by atomic mass is 16.5. The van der Waals surface area contributed by atoms with Gasteiger partial charge in [-0.05, 0) is 23.8 Å². The lowest BCUT2D eigenvalue weighted by atomic mass is 10.1. The van der Waals surface area contributed by atoms with Crippen LogP contribution in [-0.4, -0.2) is 42.5 Å². The van der Waals surface area contributed by atoms with Gasteiger partial charge >= 0.3 is 0 Å². The lowest BCUT2D eigenvalue weighted by Gasteiger charge is -2.39. The van der Waals surface area contributed by atoms with E-state index in [9.17, 15) is 9.59 Å². The summed E-state index contributed by atoms with van der Waals surface area (Å²) in [5.74, 6) is 0.307. The van der Waals surface area contributed by atoms with Crippen LogP contribution in [0.2, 0.25) is 0 Å². The monoisotopic (exact) mass is 338 g/mol. The molecule has 0 aliphatic carbocycles. The number of carbonyl (C=O) groups is 2. The van der Waals surface area contributed by atoms with Gasteiger partial charge in [-0.2, -0.15) is 0 Å². The molecule has 1 saturated heterocycles. The highest BCUT2D eigenvalue weighted by Gasteiger charge is 2.32. The summed E-state index contributed by atoms with van der Waals surface area (Å²) in [7, 11) is 0. The van der Waals surface area contributed by atoms with E-state index in [4.69, 9.17) is 9.47 Å². The van der Waals surface area contributed by atoms with Gasteiger partial charge in [0, 0.05) is 18.7 Å². The largest absolute Gasteiger partial charge is 0.482 e. The minimum absolute atomic E-state index is 0.00680. The van der Waals surface area contributed by atoms with E-state index in [2.05, 4.69) is 5.32 Å². The topological polar surface area (TPSA) is 67.9 Å². The van der Waals surface area contributed by atoms with Gasteiger partial charge in [0.1, 0.15) is 5.75 Å². The van der Waals surface area contributed by atoms with Crippen molar-refractivity contribution in [3.63, 3.8) is 0 Å². The van der Waals surface area contributed by atoms with Crippen molar-refractivity contribution in [2.75, 3.05) is 25.0 Å². The SMILES string of the molecule is O=C1COc2ccc(C(=O)N3CC(OCc4ccccc4)C3)cc2N1. The average molecular weight is 338 g/mol. The van der Waals surface area contributed by atoms with Crippen molar-refractivity contribution in [2.45, 2.75) is 12.7 Å². The number of benzene rings is 2. The van der Waals surface area contributed by atoms with Gasteiger partial charge in [0.2, 0.25) is 0 Å². The van der Waals surface area contributed by atoms with Gasteiger partial charge in [-0.25, -0.2) is 0 Å². The molecular formula is C19H18N2O4. The third-order valence-electron chi connectivity index (χ3n) is 4.32. The molecule has 0 saturated carbocycles. The first-order valence-corrected chi connectivity index (χ1v) is 8.20. The standard InChI is InChI=1S/C19H18N2O4/c22-18-12-25-17-7-6-14(8-16(17)20-18)19(23)21-9-15(10-21)24-11-13-4-2-1-3-5-13/h1-8,15H,9-12H2,(H,20,22). The molecule has 0 aromatic heterocycles. The predicted octanol–water partition coefficient (Wildman–Crippen LogP) is 2.06. The van der Waals surface area contributed by atoms with Crippen LogP contribution >= 0.6 is 0 Å². The Morgan fingerprint density at radius 1 is 1.20 bits per heavy atom. The highest BCUT2D eigenvalue weighted by molar-refractivity contribution is 6.00. The Kier molecular flexibility index (Phi) is 4.11. The number of hydrogen-bond acceptors (Lipinski definition) is 4. The summed E-state index contributed by atoms with van der Waals surface area (Å²) in [5.41, 5.74) is 2.20. The number of ether oxygens (including phenoxy) is 2. The van der Waals surface area contributed by atoms with Crippen molar-refractivity contribution >= 4 is 17.5 Å². The molecular weight excluding hydrogens is 320 g/mol. The zero-order valence-electron chi connectivity index (χ0n) is 13.6. The third kappa shape index (κ3) is 3.34. The maximum Gasteiger partial charge on any atom is 0.262 e. The van der Waals surface area contributed by atoms with Crippen LogP contribution in [0.5, 0.6) is 5.75 Å². The summed E-state index contributed by atoms with van der Waals surface area (Å²) in [6.07, 6.45) is 0.0600. The first-order valence-electron chi connectivity index (χ1n) is 8.20. The van der Waals surface area contributed by atoms with Crippen LogP contribution < -0.4 is 10.1 Å². The average Bonchev–Trinajstić information content (AvgIpc) is 2.60. The van der Waals surface area contributed by atoms with E-state index in [-0.39, 0.29) is 24.5 Å². The van der Waals surface area contributed by atoms with Crippen LogP contribution in [0.4, 0.5) is 5.69 Å². The van der Waals surface area contributed by atoms with Crippen molar-refractivity contribution in [3.8, 4) is 5.75 Å². The van der Waals surface area contributed by atoms with E-state index in [0.29, 0.717) is 36.7 Å². The maximum absolute atomic E-state index is 12.5. The van der Waals surface area contributed by atoms with Crippen LogP contribution in [0.1, 0.15) is 15.9 Å². The van der Waals surface area contributed by atoms with Gasteiger partial charge < -0.3 is 19.7 Å². The van der Waals surface area contributed by atoms with E-state index >= 15 is 0 Å². The third-order valence-corrected chi connectivity index (χ3v) is 4.32. The molecule has 2 heterocycles. The number of amides is 2. The fourth-order valence-electron chi connectivity index (χ4n) is 2.90. The molecule has 128 valence electrons. The minimum atomic E-state index is -0.213. The Bertz CT molecular complexity index is 800. The molecule has 0 bridgehead atoms. The van der Waals surface area contributed by atoms with Crippen molar-refractivity contribution in [1.29, 1.82) is 0 Å². The van der Waals surface area contributed by atoms with Gasteiger partial charge in [0.15, 0.2) is 6.61 Å². The molecule has 2 aromatic carbocycles. The molecule has 1 N–H and O–H groups in total. The van der Waals surface area contributed by atoms with E-state index < -0.39 is 0 Å². The highest BCUT2D eigenvalue weighted by Crippen LogP contribution is 2.29. The molecule has 2 amide bonds. The molecule has 2 aromatic rings. The van der Waals surface area contributed by atoms with E-state index in [0.717, 1.165) is 5.56 Å². The smallest absolute Gasteiger partial charge is 0.262 e. The second kappa shape index (κ2) is 6.57. The Hall–Kier alpha value is -2.86. The maximum atomic E-state index is 12.5. The van der Waals surface area contributed by atoms with Gasteiger partial charge in [-0.15, -0.1) is 0 Å². The Morgan fingerprint density at radius 2 is 2.00 bits per heavy atom. The van der Waals surface area contributed by atoms with Crippen molar-refractivity contribution < 1.29 is 19.1 Å². The van der Waals surface area contributed by atoms with Gasteiger partial charge in [-0.3, -0.25) is 9.59 Å². The van der Waals surface area contributed by atoms with E-state index in [1.165, 1.54) is 0 Å². The lowest BCUT2D eigenvalue weighted by molar-refractivity contribution is -0.118. The molecule has 0 unspecified atom stereocenters. The summed E-state index contributed by atoms with van der Waals surface area (Å²) in [6.45, 7) is 1.71. The molecule has 0 spiro atoms. The molecule has 0 atom stereocenters. The van der Waals surface area contributed by atoms with Crippen molar-refractivity contribution in [3.05, 3.63) is 59.7 Å². The number of carbonyl (C=O) groups excluding carboxylic acids is 2. The Balaban J connectivity index is 1.32. The molecule has 4 rings (SSSR count). The number of rotatable bonds is 4. The summed E-state index contributed by atoms with van der Waals surface area (Å²) >= 11 is 0. The molecule has 2 aliphatic heterocycles. The normalized spacial score (nSPS) is 16.5. The van der Waals surface area contributed by atoms with Gasteiger partial charge in [0.25, 0.3) is 11.8 Å². The molecule has 0 radical (unpaired) electrons. The summed E-state index contributed by atoms with van der Waals surface area (Å²) < 4.78 is 11.1. The first-order chi connectivity index (χ1) is 12.2. The van der Waals surface area contributed by atoms with Crippen molar-refractivity contribution in [1.82, 2.24) is 4.90 Å². The van der Waals surface area contributed by atoms with Crippen LogP contribution in [0, 0.1) is 0 Å². The summed E-state index contributed by atoms with van der Waals surface area (Å²) in [4.78, 5) is 25.7. The number of fused-ring (bicyclic) bond motifs is 1. The van der Waals surface area contributed by atoms with Gasteiger partial charge in [0.05, 0.1) is 18.4 Å².